The summed E-state index contributed by atoms with van der Waals surface area (Å²) in [5.74, 6) is -1.06. The third-order valence-corrected chi connectivity index (χ3v) is 9.13. The Morgan fingerprint density at radius 1 is 1.17 bits per heavy atom. The lowest BCUT2D eigenvalue weighted by molar-refractivity contribution is -0.130. The molecule has 2 aliphatic heterocycles. The Bertz CT molecular complexity index is 2010. The van der Waals surface area contributed by atoms with Gasteiger partial charge in [-0.2, -0.15) is 0 Å². The lowest BCUT2D eigenvalue weighted by atomic mass is 9.98. The van der Waals surface area contributed by atoms with E-state index in [0.29, 0.717) is 22.5 Å². The minimum atomic E-state index is -0.771. The van der Waals surface area contributed by atoms with Gasteiger partial charge in [0.15, 0.2) is 5.65 Å². The number of carbonyl (C=O) groups excluding carboxylic acids is 2. The number of nitrogens with zero attached hydrogens (tertiary/aromatic N) is 6. The molecule has 0 radical (unpaired) electrons. The van der Waals surface area contributed by atoms with Crippen LogP contribution in [0.1, 0.15) is 37.9 Å². The molecule has 4 aromatic rings. The number of aryl methyl sites for hydroxylation is 1. The van der Waals surface area contributed by atoms with Crippen LogP contribution in [-0.2, 0) is 9.59 Å². The minimum absolute atomic E-state index is 0.0518. The molecule has 3 aromatic heterocycles. The van der Waals surface area contributed by atoms with Gasteiger partial charge in [-0.25, -0.2) is 9.37 Å². The summed E-state index contributed by atoms with van der Waals surface area (Å²) in [4.78, 5) is 55.9. The van der Waals surface area contributed by atoms with Crippen LogP contribution in [0.25, 0.3) is 28.0 Å². The van der Waals surface area contributed by atoms with Crippen molar-refractivity contribution in [1.82, 2.24) is 19.4 Å². The van der Waals surface area contributed by atoms with E-state index < -0.39 is 17.4 Å². The number of amides is 2. The van der Waals surface area contributed by atoms with Crippen LogP contribution in [0.15, 0.2) is 54.0 Å². The molecule has 0 saturated carbocycles. The second-order valence-electron chi connectivity index (χ2n) is 12.0. The van der Waals surface area contributed by atoms with Gasteiger partial charge in [-0.3, -0.25) is 23.9 Å². The Morgan fingerprint density at radius 3 is 2.59 bits per heavy atom. The van der Waals surface area contributed by atoms with E-state index in [1.54, 1.807) is 36.3 Å². The number of ether oxygens (including phenoxy) is 1. The van der Waals surface area contributed by atoms with Crippen LogP contribution in [-0.4, -0.2) is 70.6 Å². The first-order chi connectivity index (χ1) is 21.9. The lowest BCUT2D eigenvalue weighted by Gasteiger charge is -2.49. The predicted molar refractivity (Wildman–Crippen MR) is 177 cm³/mol. The largest absolute Gasteiger partial charge is 0.496 e. The van der Waals surface area contributed by atoms with Gasteiger partial charge in [-0.1, -0.05) is 38.1 Å². The van der Waals surface area contributed by atoms with Crippen molar-refractivity contribution in [3.63, 3.8) is 0 Å². The van der Waals surface area contributed by atoms with E-state index in [1.165, 1.54) is 34.8 Å². The summed E-state index contributed by atoms with van der Waals surface area (Å²) in [7, 11) is 2.99. The number of hydrogen-bond donors (Lipinski definition) is 0. The Labute approximate surface area is 270 Å². The monoisotopic (exact) mass is 644 g/mol. The first kappa shape index (κ1) is 31.2. The number of halogens is 2. The maximum Gasteiger partial charge on any atom is 0.283 e. The number of methoxy groups -OCH3 is 1. The molecule has 0 bridgehead atoms. The highest BCUT2D eigenvalue weighted by Crippen LogP contribution is 2.45. The van der Waals surface area contributed by atoms with E-state index in [-0.39, 0.29) is 70.2 Å². The summed E-state index contributed by atoms with van der Waals surface area (Å²) in [6.45, 7) is 11.7. The molecular formula is C34H34ClFN6O4. The van der Waals surface area contributed by atoms with Crippen LogP contribution in [0.2, 0.25) is 5.02 Å². The molecule has 2 amide bonds. The topological polar surface area (TPSA) is 101 Å². The number of rotatable bonds is 5. The van der Waals surface area contributed by atoms with Gasteiger partial charge in [0.05, 0.1) is 47.0 Å². The van der Waals surface area contributed by atoms with E-state index in [0.717, 1.165) is 5.56 Å². The van der Waals surface area contributed by atoms with Gasteiger partial charge in [0, 0.05) is 31.2 Å². The molecule has 46 heavy (non-hydrogen) atoms. The average molecular weight is 645 g/mol. The first-order valence-corrected chi connectivity index (χ1v) is 15.3. The number of benzene rings is 1. The Hall–Kier alpha value is -4.77. The van der Waals surface area contributed by atoms with Crippen LogP contribution in [0.4, 0.5) is 15.8 Å². The number of pyridine rings is 3. The first-order valence-electron chi connectivity index (χ1n) is 15.0. The Morgan fingerprint density at radius 2 is 1.91 bits per heavy atom. The van der Waals surface area contributed by atoms with Gasteiger partial charge in [0.25, 0.3) is 11.5 Å². The zero-order valence-electron chi connectivity index (χ0n) is 26.5. The molecule has 5 heterocycles. The molecule has 238 valence electrons. The van der Waals surface area contributed by atoms with Crippen LogP contribution in [0.5, 0.6) is 5.75 Å². The smallest absolute Gasteiger partial charge is 0.283 e. The van der Waals surface area contributed by atoms with Crippen molar-refractivity contribution in [1.29, 1.82) is 0 Å². The van der Waals surface area contributed by atoms with Crippen molar-refractivity contribution >= 4 is 45.8 Å². The fourth-order valence-electron chi connectivity index (χ4n) is 6.61. The number of aromatic nitrogens is 3. The quantitative estimate of drug-likeness (QED) is 0.274. The van der Waals surface area contributed by atoms with E-state index in [4.69, 9.17) is 21.3 Å². The maximum absolute atomic E-state index is 15.5. The highest BCUT2D eigenvalue weighted by molar-refractivity contribution is 6.34. The van der Waals surface area contributed by atoms with Crippen LogP contribution in [0.3, 0.4) is 0 Å². The van der Waals surface area contributed by atoms with Crippen molar-refractivity contribution < 1.29 is 18.7 Å². The summed E-state index contributed by atoms with van der Waals surface area (Å²) in [6, 6.07) is 6.82. The molecule has 1 aromatic carbocycles. The van der Waals surface area contributed by atoms with Gasteiger partial charge < -0.3 is 19.4 Å². The third-order valence-electron chi connectivity index (χ3n) is 8.84. The fraction of sp³-hybridized carbons (Fsp3) is 0.324. The predicted octanol–water partition coefficient (Wildman–Crippen LogP) is 5.25. The lowest BCUT2D eigenvalue weighted by Crippen LogP contribution is -2.66. The number of piperazine rings is 1. The van der Waals surface area contributed by atoms with Crippen molar-refractivity contribution in [2.75, 3.05) is 37.0 Å². The molecule has 1 saturated heterocycles. The molecule has 1 fully saturated rings. The van der Waals surface area contributed by atoms with Crippen LogP contribution < -0.4 is 20.1 Å². The Balaban J connectivity index is 1.76. The van der Waals surface area contributed by atoms with Gasteiger partial charge in [-0.05, 0) is 55.7 Å². The molecule has 0 aliphatic carbocycles. The average Bonchev–Trinajstić information content (AvgIpc) is 3.02. The third kappa shape index (κ3) is 4.63. The van der Waals surface area contributed by atoms with E-state index >= 15 is 4.39 Å². The summed E-state index contributed by atoms with van der Waals surface area (Å²) in [6.07, 6.45) is 2.92. The van der Waals surface area contributed by atoms with Gasteiger partial charge in [0.2, 0.25) is 5.91 Å². The number of anilines is 2. The second-order valence-corrected chi connectivity index (χ2v) is 12.4. The zero-order valence-corrected chi connectivity index (χ0v) is 27.2. The highest BCUT2D eigenvalue weighted by atomic mass is 35.5. The highest BCUT2D eigenvalue weighted by Gasteiger charge is 2.46. The van der Waals surface area contributed by atoms with Gasteiger partial charge in [0.1, 0.15) is 23.3 Å². The molecule has 6 rings (SSSR count). The molecule has 10 nitrogen and oxygen atoms in total. The van der Waals surface area contributed by atoms with Gasteiger partial charge >= 0.3 is 0 Å². The maximum atomic E-state index is 15.5. The SMILES string of the molecule is C=CC(=O)N1C[C@@H]2C(=O)N(C)c3c(c4cc(Cl)c(-c5c(F)cccc5OC)nc4n(-c4c(C)ccnc4C(C)C)c3=O)N2C[C@H]1C. The van der Waals surface area contributed by atoms with Crippen molar-refractivity contribution in [3.05, 3.63) is 81.6 Å². The van der Waals surface area contributed by atoms with Crippen LogP contribution >= 0.6 is 11.6 Å². The summed E-state index contributed by atoms with van der Waals surface area (Å²) in [5.41, 5.74) is 2.42. The standard InChI is InChI=1S/C34H34ClFN6O4/c1-8-25(43)40-16-23-33(44)39(6)31-30(41(23)15-19(40)5)20-14-21(35)28(26-22(36)10-9-11-24(26)46-7)38-32(20)42(34(31)45)29-18(4)12-13-37-27(29)17(2)3/h8-14,17,19,23H,1,15-16H2,2-7H3/t19-,23-/m1/s1. The van der Waals surface area contributed by atoms with Gasteiger partial charge in [-0.15, -0.1) is 0 Å². The molecule has 0 unspecified atom stereocenters. The second kappa shape index (κ2) is 11.5. The molecule has 2 aliphatic rings. The van der Waals surface area contributed by atoms with E-state index in [9.17, 15) is 14.4 Å². The molecule has 0 N–H and O–H groups in total. The fourth-order valence-corrected chi connectivity index (χ4v) is 6.86. The molecular weight excluding hydrogens is 611 g/mol. The number of hydrogen-bond acceptors (Lipinski definition) is 7. The number of fused-ring (bicyclic) bond motifs is 5. The van der Waals surface area contributed by atoms with E-state index in [2.05, 4.69) is 11.6 Å². The summed E-state index contributed by atoms with van der Waals surface area (Å²) < 4.78 is 22.4. The zero-order chi connectivity index (χ0) is 33.2. The molecule has 12 heteroatoms. The normalized spacial score (nSPS) is 17.8. The summed E-state index contributed by atoms with van der Waals surface area (Å²) in [5, 5.41) is 0.608. The number of likely N-dealkylation sites (N-methyl/N-ethyl adjacent to an activating group) is 1. The van der Waals surface area contributed by atoms with Crippen molar-refractivity contribution in [2.24, 2.45) is 0 Å². The minimum Gasteiger partial charge on any atom is -0.496 e. The Kier molecular flexibility index (Phi) is 7.84. The molecule has 0 spiro atoms. The number of carbonyl (C=O) groups is 2. The molecule has 2 atom stereocenters. The van der Waals surface area contributed by atoms with E-state index in [1.807, 2.05) is 32.6 Å². The van der Waals surface area contributed by atoms with Crippen molar-refractivity contribution in [3.8, 4) is 22.7 Å². The summed E-state index contributed by atoms with van der Waals surface area (Å²) >= 11 is 6.94. The van der Waals surface area contributed by atoms with Crippen molar-refractivity contribution in [2.45, 2.75) is 45.7 Å². The van der Waals surface area contributed by atoms with Crippen LogP contribution in [0, 0.1) is 12.7 Å².